The molecule has 0 amide bonds. The van der Waals surface area contributed by atoms with E-state index in [4.69, 9.17) is 10.5 Å². The van der Waals surface area contributed by atoms with Crippen molar-refractivity contribution >= 4 is 38.6 Å². The van der Waals surface area contributed by atoms with Gasteiger partial charge in [-0.2, -0.15) is 0 Å². The maximum atomic E-state index is 5.92. The summed E-state index contributed by atoms with van der Waals surface area (Å²) in [4.78, 5) is 4.28. The maximum absolute atomic E-state index is 5.92. The Morgan fingerprint density at radius 3 is 2.86 bits per heavy atom. The summed E-state index contributed by atoms with van der Waals surface area (Å²) in [5.41, 5.74) is 11.4. The molecule has 3 N–H and O–H groups in total. The number of nitrogens with two attached hydrogens (primary N) is 1. The Hall–Kier alpha value is -2.27. The SMILES string of the molecule is CCCOc1cc(Nc2ccc3ncsc3c2)ccc1N. The smallest absolute Gasteiger partial charge is 0.144 e. The normalized spacial score (nSPS) is 10.7. The minimum atomic E-state index is 0.659. The highest BCUT2D eigenvalue weighted by molar-refractivity contribution is 7.16. The summed E-state index contributed by atoms with van der Waals surface area (Å²) in [6.07, 6.45) is 0.957. The Bertz CT molecular complexity index is 754. The minimum Gasteiger partial charge on any atom is -0.491 e. The number of nitrogens with zero attached hydrogens (tertiary/aromatic N) is 1. The fourth-order valence-electron chi connectivity index (χ4n) is 2.05. The van der Waals surface area contributed by atoms with Crippen molar-refractivity contribution in [3.63, 3.8) is 0 Å². The van der Waals surface area contributed by atoms with Gasteiger partial charge in [0.05, 0.1) is 28.0 Å². The summed E-state index contributed by atoms with van der Waals surface area (Å²) in [5.74, 6) is 0.723. The predicted molar refractivity (Wildman–Crippen MR) is 89.5 cm³/mol. The van der Waals surface area contributed by atoms with Crippen LogP contribution in [0.15, 0.2) is 41.9 Å². The van der Waals surface area contributed by atoms with Crippen LogP contribution in [0.3, 0.4) is 0 Å². The molecule has 0 radical (unpaired) electrons. The molecule has 4 nitrogen and oxygen atoms in total. The van der Waals surface area contributed by atoms with Gasteiger partial charge in [-0.25, -0.2) is 4.98 Å². The van der Waals surface area contributed by atoms with E-state index in [9.17, 15) is 0 Å². The first-order chi connectivity index (χ1) is 10.3. The number of anilines is 3. The number of ether oxygens (including phenoxy) is 1. The fourth-order valence-corrected chi connectivity index (χ4v) is 2.76. The molecule has 0 saturated carbocycles. The molecule has 3 aromatic rings. The third-order valence-electron chi connectivity index (χ3n) is 3.10. The lowest BCUT2D eigenvalue weighted by atomic mass is 10.2. The number of hydrogen-bond donors (Lipinski definition) is 2. The lowest BCUT2D eigenvalue weighted by Crippen LogP contribution is -2.00. The molecule has 3 rings (SSSR count). The molecule has 21 heavy (non-hydrogen) atoms. The van der Waals surface area contributed by atoms with Gasteiger partial charge in [-0.1, -0.05) is 6.92 Å². The number of nitrogen functional groups attached to an aromatic ring is 1. The summed E-state index contributed by atoms with van der Waals surface area (Å²) in [7, 11) is 0. The van der Waals surface area contributed by atoms with Gasteiger partial charge in [0.15, 0.2) is 0 Å². The first kappa shape index (κ1) is 13.7. The van der Waals surface area contributed by atoms with E-state index in [-0.39, 0.29) is 0 Å². The molecular weight excluding hydrogens is 282 g/mol. The van der Waals surface area contributed by atoms with E-state index >= 15 is 0 Å². The van der Waals surface area contributed by atoms with Crippen LogP contribution in [0.5, 0.6) is 5.75 Å². The van der Waals surface area contributed by atoms with Gasteiger partial charge in [-0.3, -0.25) is 0 Å². The van der Waals surface area contributed by atoms with Crippen molar-refractivity contribution in [3.8, 4) is 5.75 Å². The van der Waals surface area contributed by atoms with Crippen molar-refractivity contribution in [1.82, 2.24) is 4.98 Å². The van der Waals surface area contributed by atoms with Crippen molar-refractivity contribution in [2.45, 2.75) is 13.3 Å². The second-order valence-corrected chi connectivity index (χ2v) is 5.65. The second kappa shape index (κ2) is 6.01. The van der Waals surface area contributed by atoms with Crippen LogP contribution in [0.4, 0.5) is 17.1 Å². The summed E-state index contributed by atoms with van der Waals surface area (Å²) in [5, 5.41) is 3.37. The van der Waals surface area contributed by atoms with Crippen molar-refractivity contribution in [2.24, 2.45) is 0 Å². The monoisotopic (exact) mass is 299 g/mol. The molecule has 5 heteroatoms. The Morgan fingerprint density at radius 1 is 1.19 bits per heavy atom. The standard InChI is InChI=1S/C16H17N3OS/c1-2-7-20-15-8-11(3-5-13(15)17)19-12-4-6-14-16(9-12)21-10-18-14/h3-6,8-10,19H,2,7,17H2,1H3. The van der Waals surface area contributed by atoms with E-state index in [0.29, 0.717) is 12.3 Å². The van der Waals surface area contributed by atoms with E-state index in [1.807, 2.05) is 35.8 Å². The van der Waals surface area contributed by atoms with Crippen LogP contribution in [0.1, 0.15) is 13.3 Å². The van der Waals surface area contributed by atoms with Gasteiger partial charge in [-0.15, -0.1) is 11.3 Å². The lowest BCUT2D eigenvalue weighted by molar-refractivity contribution is 0.319. The zero-order valence-electron chi connectivity index (χ0n) is 11.8. The number of benzene rings is 2. The summed E-state index contributed by atoms with van der Waals surface area (Å²) < 4.78 is 6.81. The molecule has 1 aromatic heterocycles. The topological polar surface area (TPSA) is 60.2 Å². The molecular formula is C16H17N3OS. The number of aromatic nitrogens is 1. The van der Waals surface area contributed by atoms with Crippen LogP contribution in [0.25, 0.3) is 10.2 Å². The summed E-state index contributed by atoms with van der Waals surface area (Å²) in [6, 6.07) is 11.9. The average molecular weight is 299 g/mol. The molecule has 2 aromatic carbocycles. The van der Waals surface area contributed by atoms with Crippen molar-refractivity contribution in [2.75, 3.05) is 17.7 Å². The average Bonchev–Trinajstić information content (AvgIpc) is 2.95. The third-order valence-corrected chi connectivity index (χ3v) is 3.89. The van der Waals surface area contributed by atoms with E-state index in [0.717, 1.165) is 33.8 Å². The number of hydrogen-bond acceptors (Lipinski definition) is 5. The van der Waals surface area contributed by atoms with Gasteiger partial charge < -0.3 is 15.8 Å². The number of fused-ring (bicyclic) bond motifs is 1. The third kappa shape index (κ3) is 3.08. The second-order valence-electron chi connectivity index (χ2n) is 4.76. The molecule has 1 heterocycles. The van der Waals surface area contributed by atoms with E-state index < -0.39 is 0 Å². The maximum Gasteiger partial charge on any atom is 0.144 e. The van der Waals surface area contributed by atoms with Gasteiger partial charge in [0.2, 0.25) is 0 Å². The van der Waals surface area contributed by atoms with Gasteiger partial charge >= 0.3 is 0 Å². The molecule has 0 aliphatic rings. The zero-order valence-corrected chi connectivity index (χ0v) is 12.6. The molecule has 0 atom stereocenters. The molecule has 0 aliphatic carbocycles. The predicted octanol–water partition coefficient (Wildman–Crippen LogP) is 4.41. The van der Waals surface area contributed by atoms with Crippen LogP contribution >= 0.6 is 11.3 Å². The molecule has 108 valence electrons. The Balaban J connectivity index is 1.83. The Labute approximate surface area is 127 Å². The van der Waals surface area contributed by atoms with Gasteiger partial charge in [-0.05, 0) is 36.8 Å². The summed E-state index contributed by atoms with van der Waals surface area (Å²) in [6.45, 7) is 2.74. The van der Waals surface area contributed by atoms with Crippen molar-refractivity contribution < 1.29 is 4.74 Å². The molecule has 0 aliphatic heterocycles. The molecule has 0 spiro atoms. The van der Waals surface area contributed by atoms with E-state index in [2.05, 4.69) is 23.3 Å². The molecule has 0 fully saturated rings. The molecule has 0 bridgehead atoms. The highest BCUT2D eigenvalue weighted by Crippen LogP contribution is 2.29. The van der Waals surface area contributed by atoms with Gasteiger partial charge in [0.25, 0.3) is 0 Å². The van der Waals surface area contributed by atoms with Crippen LogP contribution in [0, 0.1) is 0 Å². The van der Waals surface area contributed by atoms with Gasteiger partial charge in [0.1, 0.15) is 5.75 Å². The van der Waals surface area contributed by atoms with Crippen LogP contribution in [-0.2, 0) is 0 Å². The highest BCUT2D eigenvalue weighted by Gasteiger charge is 2.04. The zero-order chi connectivity index (χ0) is 14.7. The van der Waals surface area contributed by atoms with Gasteiger partial charge in [0, 0.05) is 17.4 Å². The molecule has 0 saturated heterocycles. The van der Waals surface area contributed by atoms with E-state index in [1.54, 1.807) is 11.3 Å². The van der Waals surface area contributed by atoms with Crippen LogP contribution in [-0.4, -0.2) is 11.6 Å². The summed E-state index contributed by atoms with van der Waals surface area (Å²) >= 11 is 1.63. The number of rotatable bonds is 5. The minimum absolute atomic E-state index is 0.659. The van der Waals surface area contributed by atoms with Crippen molar-refractivity contribution in [3.05, 3.63) is 41.9 Å². The molecule has 0 unspecified atom stereocenters. The number of nitrogens with one attached hydrogen (secondary N) is 1. The fraction of sp³-hybridized carbons (Fsp3) is 0.188. The first-order valence-corrected chi connectivity index (χ1v) is 7.77. The van der Waals surface area contributed by atoms with Crippen LogP contribution in [0.2, 0.25) is 0 Å². The van der Waals surface area contributed by atoms with Crippen LogP contribution < -0.4 is 15.8 Å². The largest absolute Gasteiger partial charge is 0.491 e. The Kier molecular flexibility index (Phi) is 3.92. The highest BCUT2D eigenvalue weighted by atomic mass is 32.1. The van der Waals surface area contributed by atoms with E-state index in [1.165, 1.54) is 0 Å². The lowest BCUT2D eigenvalue weighted by Gasteiger charge is -2.11. The van der Waals surface area contributed by atoms with Crippen molar-refractivity contribution in [1.29, 1.82) is 0 Å². The number of thiazole rings is 1. The Morgan fingerprint density at radius 2 is 2.00 bits per heavy atom. The first-order valence-electron chi connectivity index (χ1n) is 6.89. The quantitative estimate of drug-likeness (QED) is 0.685.